The molecule has 2 atom stereocenters. The zero-order valence-electron chi connectivity index (χ0n) is 68.1. The molecular formula is C124H55NO3S. The average Bonchev–Trinajstić information content (AvgIpc) is 0.843. The number of thiol groups is 1. The Morgan fingerprint density at radius 1 is 0.264 bits per heavy atom. The number of nitrogen functional groups attached to an aromatic ring is 1. The molecule has 0 unspecified atom stereocenters. The van der Waals surface area contributed by atoms with Crippen LogP contribution in [0.4, 0.5) is 5.69 Å². The van der Waals surface area contributed by atoms with Crippen LogP contribution in [-0.4, -0.2) is 34.5 Å². The summed E-state index contributed by atoms with van der Waals surface area (Å²) in [5.74, 6) is 217. The molecule has 5 heteroatoms. The number of hydrogen-bond donors (Lipinski definition) is 4. The van der Waals surface area contributed by atoms with Crippen LogP contribution in [0.3, 0.4) is 0 Å². The summed E-state index contributed by atoms with van der Waals surface area (Å²) in [5, 5.41) is 18.9. The summed E-state index contributed by atoms with van der Waals surface area (Å²) < 4.78 is 0. The van der Waals surface area contributed by atoms with Crippen molar-refractivity contribution in [1.82, 2.24) is 0 Å². The summed E-state index contributed by atoms with van der Waals surface area (Å²) in [7, 11) is 0. The van der Waals surface area contributed by atoms with E-state index in [0.29, 0.717) is 12.2 Å². The molecule has 0 bridgehead atoms. The minimum absolute atomic E-state index is 0. The number of terminal acetylenes is 1. The standard InChI is InChI=1S/C89H4.C11H14O.C11H12O.C10H13NO.CH4S.2CH4/c1-3-5-7-9-11-13-15-17-19-21-23-25-27-29-31-33-35-37-39-41-43-45-47-49-51-53-55-57-59-61-63-65-67-69-71-73-75-77-79-81-83-85-87-89-88-86-84-82-80-78-76-74-72-70-68-66-64-62-60-58-56-54-52-50-48-46-44-42-40-38-36-34-32-30-28-26-24-22-20-18-16-14-12-10-8-6-4-2;2*1-8-3-2-4-9-5-6-10(12)7-11(8)9;11-10-3-1-2-7-4-5-8(12)6-9(7)10;1-2;;/h1H,2H3;2-4,10,12H,5-7H2,1H3;2-4H,5-7H2,1H3;1-3,8,12H,4-6,11H2;2H,1H3;2*1H4/t;10-;;8-;;;/m.1.1.../s1. The van der Waals surface area contributed by atoms with E-state index in [0.717, 1.165) is 62.6 Å². The number of hydrogen-bond acceptors (Lipinski definition) is 5. The highest BCUT2D eigenvalue weighted by Crippen LogP contribution is 2.27. The molecule has 6 rings (SSSR count). The molecule has 0 saturated heterocycles. The van der Waals surface area contributed by atoms with Crippen LogP contribution in [0.1, 0.15) is 85.5 Å². The van der Waals surface area contributed by atoms with Crippen molar-refractivity contribution >= 4 is 24.1 Å². The number of carbonyl (C=O) groups excluding carboxylic acids is 1. The van der Waals surface area contributed by atoms with Gasteiger partial charge in [0.15, 0.2) is 0 Å². The first-order valence-electron chi connectivity index (χ1n) is 35.9. The van der Waals surface area contributed by atoms with Crippen molar-refractivity contribution in [2.45, 2.75) is 106 Å². The van der Waals surface area contributed by atoms with Gasteiger partial charge in [0, 0.05) is 439 Å². The Kier molecular flexibility index (Phi) is 68.5. The first kappa shape index (κ1) is 107. The molecule has 0 spiro atoms. The van der Waals surface area contributed by atoms with Crippen LogP contribution in [0, 0.1) is 535 Å². The Labute approximate surface area is 771 Å². The van der Waals surface area contributed by atoms with Gasteiger partial charge in [0.05, 0.1) is 12.2 Å². The second-order valence-corrected chi connectivity index (χ2v) is 21.4. The van der Waals surface area contributed by atoms with Crippen molar-refractivity contribution in [3.63, 3.8) is 0 Å². The Hall–Kier alpha value is -22.0. The second-order valence-electron chi connectivity index (χ2n) is 21.4. The molecule has 0 fully saturated rings. The third-order valence-electron chi connectivity index (χ3n) is 13.2. The number of aryl methyl sites for hydroxylation is 5. The molecule has 0 aliphatic heterocycles. The van der Waals surface area contributed by atoms with Crippen LogP contribution in [0.5, 0.6) is 0 Å². The minimum atomic E-state index is -0.192. The molecule has 0 radical (unpaired) electrons. The van der Waals surface area contributed by atoms with Crippen LogP contribution >= 0.6 is 12.6 Å². The van der Waals surface area contributed by atoms with Gasteiger partial charge in [-0.15, -0.1) is 6.42 Å². The Morgan fingerprint density at radius 3 is 0.659 bits per heavy atom. The van der Waals surface area contributed by atoms with E-state index >= 15 is 0 Å². The van der Waals surface area contributed by atoms with E-state index in [9.17, 15) is 15.0 Å². The fourth-order valence-electron chi connectivity index (χ4n) is 8.25. The largest absolute Gasteiger partial charge is 0.398 e. The van der Waals surface area contributed by atoms with Crippen LogP contribution in [0.2, 0.25) is 0 Å². The molecule has 3 aromatic rings. The molecule has 3 aliphatic carbocycles. The fraction of sp³-hybridized carbons (Fsp3) is 0.137. The second kappa shape index (κ2) is 82.6. The third-order valence-corrected chi connectivity index (χ3v) is 13.2. The number of nitrogens with two attached hydrogens (primary N) is 1. The van der Waals surface area contributed by atoms with Crippen LogP contribution in [-0.2, 0) is 43.3 Å². The predicted molar refractivity (Wildman–Crippen MR) is 524 cm³/mol. The maximum absolute atomic E-state index is 11.2. The third kappa shape index (κ3) is 64.8. The van der Waals surface area contributed by atoms with E-state index in [4.69, 9.17) is 12.2 Å². The SMILES string of the molecule is C.C.C#CC#CC#CC#CC#CC#CC#CC#CC#CC#CC#CC#CC#CC#CC#CC#CC#CC#CC#CC#CC#CC#CC#CC#CC#CC#CC#CC#CC#CC#CC#CC#CC#CC#CC#CC#CC#CC#CC#CC#CC#CC#CC#CC#CC.CS.Cc1cccc2c1CC(=O)CC2.Cc1cccc2c1C[C@H](O)CC2.Nc1cccc2c1C[C@H](O)CC2. The summed E-state index contributed by atoms with van der Waals surface area (Å²) in [6.45, 7) is 5.89. The lowest BCUT2D eigenvalue weighted by Crippen LogP contribution is -2.19. The van der Waals surface area contributed by atoms with Crippen molar-refractivity contribution in [3.8, 4) is 522 Å². The van der Waals surface area contributed by atoms with Crippen molar-refractivity contribution in [2.24, 2.45) is 0 Å². The Balaban J connectivity index is 0.00000325. The highest BCUT2D eigenvalue weighted by Gasteiger charge is 2.19. The first-order valence-corrected chi connectivity index (χ1v) is 36.8. The van der Waals surface area contributed by atoms with Crippen LogP contribution < -0.4 is 5.73 Å². The van der Waals surface area contributed by atoms with Gasteiger partial charge in [0.1, 0.15) is 5.78 Å². The number of carbonyl (C=O) groups is 1. The number of ketones is 1. The summed E-state index contributed by atoms with van der Waals surface area (Å²) in [4.78, 5) is 11.2. The number of Topliss-reactive ketones (excluding diaryl/α,β-unsaturated/α-hetero) is 1. The van der Waals surface area contributed by atoms with E-state index in [1.54, 1.807) is 13.2 Å². The van der Waals surface area contributed by atoms with Crippen molar-refractivity contribution in [2.75, 3.05) is 12.0 Å². The zero-order valence-corrected chi connectivity index (χ0v) is 69.0. The van der Waals surface area contributed by atoms with Crippen molar-refractivity contribution in [1.29, 1.82) is 0 Å². The molecule has 580 valence electrons. The molecule has 0 aromatic heterocycles. The van der Waals surface area contributed by atoms with Crippen LogP contribution in [0.15, 0.2) is 54.6 Å². The summed E-state index contributed by atoms with van der Waals surface area (Å²) in [6.07, 6.45) is 14.0. The molecule has 129 heavy (non-hydrogen) atoms. The fourth-order valence-corrected chi connectivity index (χ4v) is 8.25. The van der Waals surface area contributed by atoms with Gasteiger partial charge in [-0.2, -0.15) is 12.6 Å². The van der Waals surface area contributed by atoms with E-state index < -0.39 is 0 Å². The van der Waals surface area contributed by atoms with Gasteiger partial charge in [-0.3, -0.25) is 4.79 Å². The number of benzene rings is 3. The van der Waals surface area contributed by atoms with Gasteiger partial charge in [-0.25, -0.2) is 0 Å². The van der Waals surface area contributed by atoms with Gasteiger partial charge in [-0.05, 0) is 211 Å². The van der Waals surface area contributed by atoms with Gasteiger partial charge in [-0.1, -0.05) is 69.3 Å². The lowest BCUT2D eigenvalue weighted by Gasteiger charge is -2.21. The molecule has 0 heterocycles. The van der Waals surface area contributed by atoms with Gasteiger partial charge >= 0.3 is 0 Å². The molecule has 0 saturated carbocycles. The minimum Gasteiger partial charge on any atom is -0.398 e. The predicted octanol–water partition coefficient (Wildman–Crippen LogP) is 7.62. The Bertz CT molecular complexity index is 8020. The Morgan fingerprint density at radius 2 is 0.442 bits per heavy atom. The highest BCUT2D eigenvalue weighted by molar-refractivity contribution is 7.79. The smallest absolute Gasteiger partial charge is 0.137 e. The van der Waals surface area contributed by atoms with Gasteiger partial charge < -0.3 is 15.9 Å². The van der Waals surface area contributed by atoms with E-state index in [2.05, 4.69) is 584 Å². The van der Waals surface area contributed by atoms with E-state index in [-0.39, 0.29) is 27.1 Å². The lowest BCUT2D eigenvalue weighted by atomic mass is 9.87. The molecule has 3 aromatic carbocycles. The molecule has 4 N–H and O–H groups in total. The summed E-state index contributed by atoms with van der Waals surface area (Å²) >= 11 is 3.53. The first-order chi connectivity index (χ1) is 62.7. The number of aliphatic hydroxyl groups excluding tert-OH is 2. The van der Waals surface area contributed by atoms with Crippen LogP contribution in [0.25, 0.3) is 0 Å². The molecule has 4 nitrogen and oxygen atoms in total. The summed E-state index contributed by atoms with van der Waals surface area (Å²) in [6, 6.07) is 18.7. The molecular weight excluding hydrogens is 1580 g/mol. The summed E-state index contributed by atoms with van der Waals surface area (Å²) in [5.41, 5.74) is 17.1. The molecule has 3 aliphatic rings. The number of fused-ring (bicyclic) bond motifs is 3. The quantitative estimate of drug-likeness (QED) is 0.106. The zero-order chi connectivity index (χ0) is 91.2. The average molecular weight is 1640 g/mol. The maximum Gasteiger partial charge on any atom is 0.137 e. The number of aliphatic hydroxyl groups is 2. The monoisotopic (exact) mass is 1640 g/mol. The van der Waals surface area contributed by atoms with Crippen molar-refractivity contribution < 1.29 is 15.0 Å². The maximum atomic E-state index is 11.2. The normalized spacial score (nSPS) is 8.34. The lowest BCUT2D eigenvalue weighted by molar-refractivity contribution is -0.118. The topological polar surface area (TPSA) is 83.5 Å². The number of anilines is 1. The van der Waals surface area contributed by atoms with Crippen molar-refractivity contribution in [3.05, 3.63) is 99.1 Å². The van der Waals surface area contributed by atoms with E-state index in [1.165, 1.54) is 38.9 Å². The number of rotatable bonds is 0. The highest BCUT2D eigenvalue weighted by atomic mass is 32.1. The van der Waals surface area contributed by atoms with Gasteiger partial charge in [0.25, 0.3) is 0 Å². The van der Waals surface area contributed by atoms with E-state index in [1.807, 2.05) is 12.1 Å². The van der Waals surface area contributed by atoms with Gasteiger partial charge in [0.2, 0.25) is 0 Å². The molecule has 0 amide bonds.